The van der Waals surface area contributed by atoms with Crippen LogP contribution in [-0.4, -0.2) is 99.8 Å². The number of phenols is 2. The van der Waals surface area contributed by atoms with Gasteiger partial charge in [-0.15, -0.1) is 0 Å². The van der Waals surface area contributed by atoms with Crippen LogP contribution >= 0.6 is 79.6 Å². The van der Waals surface area contributed by atoms with Gasteiger partial charge in [0.2, 0.25) is 0 Å². The Balaban J connectivity index is -0.000000254. The molecule has 3 fully saturated rings. The SMILES string of the molecule is CB1OC(C)(C)C(C)(C)O1.CBr.CBr.CC.CC.CC.CC.CC.CC.CC.CC.CC.CC.CC1(C)OB(B2OC(C)(C)C(C)(C)O2)OC1(C)C.CCBr.CCBr.CCBr.Oc1ccccc1-c1ccccc1.Oc1ccccc1-c1ccccc1.[2H]CF.c1ccc2c(c1)oc1ccccc12.c1ccc2c(c1)oc1ccccc12.c1ccc2c(c1)oc1ccccc12. The van der Waals surface area contributed by atoms with Crippen LogP contribution in [0.3, 0.4) is 0 Å². The lowest BCUT2D eigenvalue weighted by Crippen LogP contribution is -2.41. The Morgan fingerprint density at radius 3 is 0.562 bits per heavy atom. The molecule has 11 nitrogen and oxygen atoms in total. The smallest absolute Gasteiger partial charge is 0.488 e. The van der Waals surface area contributed by atoms with Crippen LogP contribution < -0.4 is 0 Å². The molecule has 10 aromatic carbocycles. The maximum absolute atomic E-state index is 9.96. The number of furan rings is 3. The summed E-state index contributed by atoms with van der Waals surface area (Å²) in [6.07, 6.45) is 0. The van der Waals surface area contributed by atoms with Gasteiger partial charge in [0.25, 0.3) is 0 Å². The molecule has 6 heterocycles. The molecule has 0 amide bonds. The highest BCUT2D eigenvalue weighted by molar-refractivity contribution is 9.09. The fourth-order valence-electron chi connectivity index (χ4n) is 10.8. The molecule has 0 unspecified atom stereocenters. The van der Waals surface area contributed by atoms with E-state index in [2.05, 4.69) is 144 Å². The van der Waals surface area contributed by atoms with Crippen molar-refractivity contribution in [1.82, 2.24) is 0 Å². The highest BCUT2D eigenvalue weighted by Gasteiger charge is 2.64. The third-order valence-corrected chi connectivity index (χ3v) is 18.0. The molecule has 0 bridgehead atoms. The Kier molecular flexibility index (Phi) is 82.8. The van der Waals surface area contributed by atoms with Crippen LogP contribution in [-0.2, 0) is 27.9 Å². The number of hydrogen-bond donors (Lipinski definition) is 2. The van der Waals surface area contributed by atoms with E-state index >= 15 is 0 Å². The predicted molar refractivity (Wildman–Crippen MR) is 591 cm³/mol. The second-order valence-corrected chi connectivity index (χ2v) is 30.3. The minimum absolute atomic E-state index is 0.0648. The van der Waals surface area contributed by atoms with Crippen molar-refractivity contribution in [2.24, 2.45) is 0 Å². The van der Waals surface area contributed by atoms with E-state index in [1.807, 2.05) is 439 Å². The lowest BCUT2D eigenvalue weighted by atomic mass is 9.49. The largest absolute Gasteiger partial charge is 0.507 e. The molecule has 16 rings (SSSR count). The van der Waals surface area contributed by atoms with Crippen LogP contribution in [0.2, 0.25) is 6.82 Å². The maximum atomic E-state index is 9.96. The molecule has 13 aromatic rings. The predicted octanol–water partition coefficient (Wildman–Crippen LogP) is 37.9. The Bertz CT molecular complexity index is 4130. The van der Waals surface area contributed by atoms with E-state index in [4.69, 9.17) is 42.5 Å². The number of halogens is 6. The molecule has 0 saturated carbocycles. The molecule has 20 heteroatoms. The van der Waals surface area contributed by atoms with Crippen LogP contribution in [0, 0.1) is 0 Å². The Labute approximate surface area is 823 Å². The van der Waals surface area contributed by atoms with Gasteiger partial charge in [0.05, 0.1) is 42.1 Å². The standard InChI is InChI=1S/C12H24B2O4.3C12H8O.2C12H10O.C7H15BO2.3C2H5Br.10C2H6.2CH3Br.CH3F/c1-9(2)10(3,4)16-13(15-9)14-17-11(5,6)12(7,8)18-14;3*1-3-7-11-9(5-1)10-6-2-4-8-12(10)13-11;2*13-12-9-5-4-8-11(12)10-6-2-1-3-7-10;1-6(2)7(3,4)10-8(5)9-6;3*1-2-3;13*1-2/h1-8H3;3*1-8H;2*1-9,13H;1-5H3;3*2H2,1H3;10*1-2H3;3*1H3/i;;;;;;;;;;;;;;;;;;;;;;1D. The maximum Gasteiger partial charge on any atom is 0.488 e. The van der Waals surface area contributed by atoms with Crippen LogP contribution in [0.25, 0.3) is 88.1 Å². The molecular formula is C108H167B3Br5FO11. The van der Waals surface area contributed by atoms with Crippen molar-refractivity contribution in [3.8, 4) is 33.8 Å². The van der Waals surface area contributed by atoms with Crippen molar-refractivity contribution in [3.63, 3.8) is 0 Å². The zero-order valence-electron chi connectivity index (χ0n) is 86.6. The number of alkyl halides is 6. The molecule has 0 atom stereocenters. The third-order valence-electron chi connectivity index (χ3n) is 18.0. The zero-order chi connectivity index (χ0) is 101. The Morgan fingerprint density at radius 1 is 0.266 bits per heavy atom. The van der Waals surface area contributed by atoms with Crippen LogP contribution in [0.1, 0.15) is 244 Å². The van der Waals surface area contributed by atoms with Crippen LogP contribution in [0.15, 0.2) is 268 Å². The molecule has 0 aliphatic carbocycles. The van der Waals surface area contributed by atoms with Gasteiger partial charge in [0.1, 0.15) is 45.0 Å². The minimum atomic E-state index is -1.00. The summed E-state index contributed by atoms with van der Waals surface area (Å²) in [5, 5.41) is 29.5. The van der Waals surface area contributed by atoms with Crippen molar-refractivity contribution in [1.29, 1.82) is 0 Å². The molecule has 3 saturated heterocycles. The first-order chi connectivity index (χ1) is 62.0. The molecule has 3 aromatic heterocycles. The van der Waals surface area contributed by atoms with E-state index in [1.165, 1.54) is 32.3 Å². The van der Waals surface area contributed by atoms with Gasteiger partial charge in [0.15, 0.2) is 0 Å². The molecule has 3 aliphatic rings. The molecule has 128 heavy (non-hydrogen) atoms. The summed E-state index contributed by atoms with van der Waals surface area (Å²) < 4.78 is 67.4. The average molecular weight is 2090 g/mol. The number of benzene rings is 10. The zero-order valence-corrected chi connectivity index (χ0v) is 93.6. The fraction of sp³-hybridized carbons (Fsp3) is 0.444. The monoisotopic (exact) mass is 2090 g/mol. The number of hydrogen-bond acceptors (Lipinski definition) is 11. The third kappa shape index (κ3) is 46.2. The highest BCUT2D eigenvalue weighted by Crippen LogP contribution is 2.44. The molecule has 3 aliphatic heterocycles. The van der Waals surface area contributed by atoms with Gasteiger partial charge in [-0.25, -0.2) is 0 Å². The lowest BCUT2D eigenvalue weighted by Gasteiger charge is -2.32. The minimum Gasteiger partial charge on any atom is -0.507 e. The number of fused-ring (bicyclic) bond motifs is 9. The molecule has 0 spiro atoms. The Morgan fingerprint density at radius 2 is 0.406 bits per heavy atom. The summed E-state index contributed by atoms with van der Waals surface area (Å²) in [5.74, 6) is 4.28. The number of aromatic hydroxyl groups is 2. The van der Waals surface area contributed by atoms with Crippen molar-refractivity contribution >= 4 is 167 Å². The van der Waals surface area contributed by atoms with E-state index < -0.39 is 21.2 Å². The van der Waals surface area contributed by atoms with Crippen molar-refractivity contribution in [3.05, 3.63) is 255 Å². The van der Waals surface area contributed by atoms with Gasteiger partial charge in [-0.1, -0.05) is 445 Å². The van der Waals surface area contributed by atoms with Crippen LogP contribution in [0.5, 0.6) is 11.5 Å². The van der Waals surface area contributed by atoms with E-state index in [1.54, 1.807) is 12.1 Å². The molecular weight excluding hydrogens is 1920 g/mol. The van der Waals surface area contributed by atoms with Crippen molar-refractivity contribution in [2.45, 2.75) is 283 Å². The van der Waals surface area contributed by atoms with Crippen LogP contribution in [0.4, 0.5) is 4.39 Å². The first-order valence-electron chi connectivity index (χ1n) is 46.3. The normalized spacial score (nSPS) is 13.3. The summed E-state index contributed by atoms with van der Waals surface area (Å²) in [6.45, 7) is 72.5. The van der Waals surface area contributed by atoms with Crippen molar-refractivity contribution < 1.29 is 57.2 Å². The van der Waals surface area contributed by atoms with E-state index in [9.17, 15) is 14.6 Å². The summed E-state index contributed by atoms with van der Waals surface area (Å²) in [5.41, 5.74) is 7.85. The molecule has 716 valence electrons. The summed E-state index contributed by atoms with van der Waals surface area (Å²) in [6, 6.07) is 83.0. The number of phenolic OH excluding ortho intramolecular Hbond substituents is 2. The summed E-state index contributed by atoms with van der Waals surface area (Å²) in [4.78, 5) is 0. The van der Waals surface area contributed by atoms with E-state index in [0.29, 0.717) is 11.5 Å². The first kappa shape index (κ1) is 132. The van der Waals surface area contributed by atoms with E-state index in [-0.39, 0.29) is 40.7 Å². The Hall–Kier alpha value is -6.52. The van der Waals surface area contributed by atoms with E-state index in [0.717, 1.165) is 71.7 Å². The first-order valence-corrected chi connectivity index (χ1v) is 52.1. The topological polar surface area (TPSA) is 135 Å². The summed E-state index contributed by atoms with van der Waals surface area (Å²) in [7, 11) is -2.02. The highest BCUT2D eigenvalue weighted by atomic mass is 79.9. The molecule has 0 radical (unpaired) electrons. The van der Waals surface area contributed by atoms with Gasteiger partial charge < -0.3 is 51.4 Å². The molecule has 2 N–H and O–H groups in total. The van der Waals surface area contributed by atoms with Gasteiger partial charge in [-0.05, 0) is 161 Å². The lowest BCUT2D eigenvalue weighted by molar-refractivity contribution is 0.00578. The van der Waals surface area contributed by atoms with Crippen molar-refractivity contribution in [2.75, 3.05) is 34.8 Å². The number of para-hydroxylation sites is 8. The second kappa shape index (κ2) is 80.2. The quantitative estimate of drug-likeness (QED) is 0.129. The van der Waals surface area contributed by atoms with Gasteiger partial charge in [0, 0.05) is 59.4 Å². The average Bonchev–Trinajstić information content (AvgIpc) is 1.59. The second-order valence-electron chi connectivity index (χ2n) is 26.9. The number of rotatable bonds is 3. The fourth-order valence-corrected chi connectivity index (χ4v) is 10.8. The van der Waals surface area contributed by atoms with Gasteiger partial charge >= 0.3 is 21.1 Å². The van der Waals surface area contributed by atoms with Gasteiger partial charge in [-0.3, -0.25) is 4.39 Å². The van der Waals surface area contributed by atoms with Gasteiger partial charge in [-0.2, -0.15) is 0 Å². The summed E-state index contributed by atoms with van der Waals surface area (Å²) >= 11 is 15.3.